The third-order valence-corrected chi connectivity index (χ3v) is 17.0. The van der Waals surface area contributed by atoms with Gasteiger partial charge < -0.3 is 38.7 Å². The summed E-state index contributed by atoms with van der Waals surface area (Å²) < 4.78 is 29.1. The Morgan fingerprint density at radius 1 is 0.984 bits per heavy atom. The van der Waals surface area contributed by atoms with Crippen molar-refractivity contribution in [1.82, 2.24) is 19.7 Å². The summed E-state index contributed by atoms with van der Waals surface area (Å²) in [6, 6.07) is 5.08. The van der Waals surface area contributed by atoms with Gasteiger partial charge in [0.15, 0.2) is 6.10 Å². The summed E-state index contributed by atoms with van der Waals surface area (Å²) in [5.41, 5.74) is 0.310. The molecule has 1 aromatic carbocycles. The second kappa shape index (κ2) is 16.5. The lowest BCUT2D eigenvalue weighted by Gasteiger charge is -2.63. The number of fused-ring (bicyclic) bond motifs is 6. The molecule has 14 nitrogen and oxygen atoms in total. The number of likely N-dealkylation sites (tertiary alicyclic amines) is 1. The van der Waals surface area contributed by atoms with Gasteiger partial charge in [0.2, 0.25) is 5.60 Å². The van der Waals surface area contributed by atoms with Gasteiger partial charge in [-0.25, -0.2) is 4.79 Å². The second-order valence-corrected chi connectivity index (χ2v) is 20.0. The van der Waals surface area contributed by atoms with Gasteiger partial charge in [-0.3, -0.25) is 24.2 Å². The quantitative estimate of drug-likeness (QED) is 0.134. The molecule has 1 spiro atoms. The van der Waals surface area contributed by atoms with Crippen molar-refractivity contribution in [2.45, 2.75) is 99.6 Å². The zero-order valence-corrected chi connectivity index (χ0v) is 39.0. The molecule has 2 aliphatic carbocycles. The largest absolute Gasteiger partial charge is 0.469 e. The smallest absolute Gasteiger partial charge is 0.344 e. The zero-order valence-electron chi connectivity index (χ0n) is 38.2. The number of rotatable bonds is 11. The summed E-state index contributed by atoms with van der Waals surface area (Å²) in [7, 11) is 7.68. The number of thioether (sulfide) groups is 1. The van der Waals surface area contributed by atoms with Crippen LogP contribution in [0.5, 0.6) is 0 Å². The number of nitrogens with one attached hydrogen (secondary N) is 1. The number of aromatic nitrogens is 1. The number of hydrogen-bond donors (Lipinski definition) is 2. The van der Waals surface area contributed by atoms with Crippen molar-refractivity contribution >= 4 is 46.5 Å². The molecule has 11 atom stereocenters. The fourth-order valence-corrected chi connectivity index (χ4v) is 14.6. The van der Waals surface area contributed by atoms with Crippen LogP contribution in [0.2, 0.25) is 0 Å². The van der Waals surface area contributed by atoms with Crippen LogP contribution in [0.3, 0.4) is 0 Å². The number of nitrogens with zero attached hydrogens (tertiary/aromatic N) is 3. The molecular weight excluding hydrogens is 837 g/mol. The van der Waals surface area contributed by atoms with Crippen molar-refractivity contribution < 1.29 is 48.0 Å². The molecule has 5 aliphatic heterocycles. The van der Waals surface area contributed by atoms with E-state index in [0.29, 0.717) is 44.6 Å². The number of benzene rings is 1. The van der Waals surface area contributed by atoms with Crippen LogP contribution in [0.1, 0.15) is 64.1 Å². The minimum Gasteiger partial charge on any atom is -0.469 e. The zero-order chi connectivity index (χ0) is 45.5. The predicted molar refractivity (Wildman–Crippen MR) is 240 cm³/mol. The maximum Gasteiger partial charge on any atom is 0.344 e. The van der Waals surface area contributed by atoms with Gasteiger partial charge in [0, 0.05) is 103 Å². The first-order valence-corrected chi connectivity index (χ1v) is 23.7. The number of methoxy groups -OCH3 is 4. The van der Waals surface area contributed by atoms with Crippen molar-refractivity contribution in [3.8, 4) is 0 Å². The highest BCUT2D eigenvalue weighted by atomic mass is 32.2. The molecule has 2 N–H and O–H groups in total. The molecular formula is C49H62N4O10S. The molecule has 3 fully saturated rings. The van der Waals surface area contributed by atoms with E-state index in [-0.39, 0.29) is 30.3 Å². The van der Waals surface area contributed by atoms with Gasteiger partial charge in [-0.15, -0.1) is 11.8 Å². The van der Waals surface area contributed by atoms with Gasteiger partial charge in [0.05, 0.1) is 39.9 Å². The Morgan fingerprint density at radius 3 is 2.45 bits per heavy atom. The van der Waals surface area contributed by atoms with Crippen LogP contribution in [0.15, 0.2) is 70.3 Å². The van der Waals surface area contributed by atoms with Crippen molar-refractivity contribution in [3.63, 3.8) is 0 Å². The van der Waals surface area contributed by atoms with Crippen LogP contribution in [0.25, 0.3) is 10.9 Å². The molecule has 0 amide bonds. The minimum atomic E-state index is -2.29. The Kier molecular flexibility index (Phi) is 11.5. The predicted octanol–water partition coefficient (Wildman–Crippen LogP) is 5.05. The van der Waals surface area contributed by atoms with Crippen LogP contribution >= 0.6 is 11.8 Å². The summed E-state index contributed by atoms with van der Waals surface area (Å²) in [5, 5.41) is 14.4. The van der Waals surface area contributed by atoms with E-state index in [4.69, 9.17) is 23.7 Å². The van der Waals surface area contributed by atoms with Gasteiger partial charge >= 0.3 is 23.9 Å². The van der Waals surface area contributed by atoms with Gasteiger partial charge in [0.1, 0.15) is 5.41 Å². The Morgan fingerprint density at radius 2 is 1.77 bits per heavy atom. The van der Waals surface area contributed by atoms with Crippen LogP contribution in [0, 0.1) is 22.7 Å². The average molecular weight is 899 g/mol. The molecule has 64 heavy (non-hydrogen) atoms. The number of aromatic amines is 1. The molecule has 2 aromatic rings. The minimum absolute atomic E-state index is 0.00651. The first-order valence-electron chi connectivity index (χ1n) is 22.7. The molecule has 1 aromatic heterocycles. The lowest BCUT2D eigenvalue weighted by molar-refractivity contribution is -0.243. The number of carbonyl (C=O) groups excluding carboxylic acids is 4. The Labute approximate surface area is 379 Å². The molecule has 2 saturated heterocycles. The monoisotopic (exact) mass is 898 g/mol. The highest BCUT2D eigenvalue weighted by molar-refractivity contribution is 7.99. The summed E-state index contributed by atoms with van der Waals surface area (Å²) in [6.45, 7) is 9.03. The van der Waals surface area contributed by atoms with Gasteiger partial charge in [0.25, 0.3) is 0 Å². The molecule has 2 bridgehead atoms. The maximum atomic E-state index is 15.5. The number of carbonyl (C=O) groups is 4. The van der Waals surface area contributed by atoms with E-state index in [1.807, 2.05) is 24.9 Å². The first kappa shape index (κ1) is 44.8. The van der Waals surface area contributed by atoms with Crippen LogP contribution in [-0.2, 0) is 54.8 Å². The first-order chi connectivity index (χ1) is 30.7. The van der Waals surface area contributed by atoms with Crippen molar-refractivity contribution in [2.24, 2.45) is 22.7 Å². The molecule has 6 heterocycles. The van der Waals surface area contributed by atoms with Crippen molar-refractivity contribution in [2.75, 3.05) is 67.4 Å². The molecule has 9 rings (SSSR count). The Bertz CT molecular complexity index is 2390. The third kappa shape index (κ3) is 6.26. The van der Waals surface area contributed by atoms with E-state index in [9.17, 15) is 19.5 Å². The van der Waals surface area contributed by atoms with E-state index in [1.54, 1.807) is 18.9 Å². The summed E-state index contributed by atoms with van der Waals surface area (Å²) in [4.78, 5) is 66.7. The lowest BCUT2D eigenvalue weighted by atomic mass is 9.47. The number of esters is 4. The van der Waals surface area contributed by atoms with Gasteiger partial charge in [-0.05, 0) is 73.6 Å². The number of H-pyrrole nitrogens is 1. The lowest BCUT2D eigenvalue weighted by Crippen LogP contribution is -2.79. The second-order valence-electron chi connectivity index (χ2n) is 18.9. The highest BCUT2D eigenvalue weighted by Gasteiger charge is 2.81. The number of aliphatic hydroxyl groups is 1. The highest BCUT2D eigenvalue weighted by Crippen LogP contribution is 2.70. The van der Waals surface area contributed by atoms with Crippen LogP contribution in [0.4, 0.5) is 0 Å². The van der Waals surface area contributed by atoms with E-state index in [2.05, 4.69) is 64.2 Å². The number of allylic oxidation sites excluding steroid dienone is 1. The number of hydrogen-bond acceptors (Lipinski definition) is 14. The summed E-state index contributed by atoms with van der Waals surface area (Å²) in [6.07, 6.45) is 11.6. The van der Waals surface area contributed by atoms with E-state index in [0.717, 1.165) is 57.8 Å². The number of likely N-dealkylation sites (N-methyl/N-ethyl adjacent to an activating group) is 1. The summed E-state index contributed by atoms with van der Waals surface area (Å²) >= 11 is 1.59. The number of ether oxygens (including phenoxy) is 5. The molecule has 1 saturated carbocycles. The molecule has 15 heteroatoms. The topological polar surface area (TPSA) is 160 Å². The molecule has 7 aliphatic rings. The fraction of sp³-hybridized carbons (Fsp3) is 0.592. The molecule has 0 radical (unpaired) electrons. The third-order valence-electron chi connectivity index (χ3n) is 16.0. The average Bonchev–Trinajstić information content (AvgIpc) is 3.94. The Balaban J connectivity index is 1.29. The Hall–Kier alpha value is -4.41. The van der Waals surface area contributed by atoms with Gasteiger partial charge in [-0.2, -0.15) is 0 Å². The molecule has 344 valence electrons. The standard InChI is InChI=1S/C49H62N4O10S/c1-9-29-20-30-24-48(44(56)61-7,40-33(27-52(25-29)26-30)32-21-31(12-13-36(32)50-40)64-19-14-39(55)60-6)35-22-34-37(23-38(35)59-5)51(4)42-47(34)16-18-53-17-11-15-46(10-2,41(47)53)43(63-28(3)54)49(42,58)45(57)62-8/h11-13,15,20-23,30,35,38,41-43,50,58H,9-10,14,16-19,24-27H2,1-8H3/t30-,35?,38?,41+,42-,43-,46-,47-,48+,49+/m1/s1. The van der Waals surface area contributed by atoms with E-state index in [1.165, 1.54) is 33.8 Å². The van der Waals surface area contributed by atoms with Crippen molar-refractivity contribution in [3.05, 3.63) is 76.7 Å². The van der Waals surface area contributed by atoms with Gasteiger partial charge in [-0.1, -0.05) is 43.7 Å². The van der Waals surface area contributed by atoms with Crippen molar-refractivity contribution in [1.29, 1.82) is 0 Å². The van der Waals surface area contributed by atoms with E-state index >= 15 is 4.79 Å². The fourth-order valence-electron chi connectivity index (χ4n) is 13.8. The van der Waals surface area contributed by atoms with Crippen LogP contribution < -0.4 is 0 Å². The van der Waals surface area contributed by atoms with Crippen LogP contribution in [-0.4, -0.2) is 146 Å². The normalized spacial score (nSPS) is 36.0. The molecule has 3 unspecified atom stereocenters. The van der Waals surface area contributed by atoms with E-state index < -0.39 is 58.0 Å². The summed E-state index contributed by atoms with van der Waals surface area (Å²) in [5.74, 6) is -2.14. The SMILES string of the molecule is CCC1=C[C@H]2CN(C1)Cc1c([nH]c3ccc(SCCC(=O)OC)cc13)[C@@](C(=O)OC)(C1C=C3C(=CC1OC)N(C)[C@H]1[C@@](O)(C(=O)OC)[C@H](OC(C)=O)[C@]4(CC)C=CCN5CC[C@]31[C@@H]54)C2. The maximum absolute atomic E-state index is 15.5.